The number of aromatic amines is 1. The summed E-state index contributed by atoms with van der Waals surface area (Å²) < 4.78 is 0. The second-order valence-corrected chi connectivity index (χ2v) is 5.17. The number of fused-ring (bicyclic) bond motifs is 3. The zero-order valence-electron chi connectivity index (χ0n) is 10.6. The second-order valence-electron chi connectivity index (χ2n) is 4.77. The van der Waals surface area contributed by atoms with Gasteiger partial charge in [-0.3, -0.25) is 0 Å². The van der Waals surface area contributed by atoms with Crippen molar-refractivity contribution < 1.29 is 0 Å². The Balaban J connectivity index is 2.06. The van der Waals surface area contributed by atoms with Gasteiger partial charge in [-0.1, -0.05) is 48.0 Å². The van der Waals surface area contributed by atoms with Gasteiger partial charge in [0.2, 0.25) is 0 Å². The highest BCUT2D eigenvalue weighted by Gasteiger charge is 2.09. The molecular weight excluding hydrogens is 268 g/mol. The quantitative estimate of drug-likeness (QED) is 0.519. The van der Waals surface area contributed by atoms with Gasteiger partial charge in [-0.05, 0) is 29.3 Å². The van der Waals surface area contributed by atoms with Gasteiger partial charge in [-0.15, -0.1) is 0 Å². The van der Waals surface area contributed by atoms with Crippen LogP contribution in [0.5, 0.6) is 0 Å². The van der Waals surface area contributed by atoms with Crippen LogP contribution in [0.2, 0.25) is 5.02 Å². The SMILES string of the molecule is Clc1ccnc2[nH]c3ccc(-c4ccccc4)cc3c12. The first kappa shape index (κ1) is 11.5. The van der Waals surface area contributed by atoms with Gasteiger partial charge >= 0.3 is 0 Å². The van der Waals surface area contributed by atoms with Crippen LogP contribution in [-0.4, -0.2) is 9.97 Å². The van der Waals surface area contributed by atoms with Crippen LogP contribution in [0.15, 0.2) is 60.8 Å². The normalized spacial score (nSPS) is 11.2. The van der Waals surface area contributed by atoms with Crippen LogP contribution in [0.4, 0.5) is 0 Å². The molecule has 0 spiro atoms. The molecule has 0 atom stereocenters. The number of pyridine rings is 1. The number of halogens is 1. The molecule has 4 rings (SSSR count). The van der Waals surface area contributed by atoms with Crippen molar-refractivity contribution in [3.63, 3.8) is 0 Å². The molecule has 0 radical (unpaired) electrons. The third-order valence-corrected chi connectivity index (χ3v) is 3.86. The Labute approximate surface area is 121 Å². The molecule has 1 N–H and O–H groups in total. The highest BCUT2D eigenvalue weighted by molar-refractivity contribution is 6.37. The molecule has 0 aliphatic rings. The lowest BCUT2D eigenvalue weighted by Gasteiger charge is -2.02. The molecule has 4 aromatic rings. The highest BCUT2D eigenvalue weighted by Crippen LogP contribution is 2.32. The molecule has 0 bridgehead atoms. The van der Waals surface area contributed by atoms with E-state index in [9.17, 15) is 0 Å². The first-order valence-electron chi connectivity index (χ1n) is 6.44. The predicted octanol–water partition coefficient (Wildman–Crippen LogP) is 5.04. The summed E-state index contributed by atoms with van der Waals surface area (Å²) in [5.74, 6) is 0. The first-order chi connectivity index (χ1) is 9.83. The summed E-state index contributed by atoms with van der Waals surface area (Å²) >= 11 is 6.32. The highest BCUT2D eigenvalue weighted by atomic mass is 35.5. The topological polar surface area (TPSA) is 28.7 Å². The van der Waals surface area contributed by atoms with Crippen molar-refractivity contribution in [3.8, 4) is 11.1 Å². The van der Waals surface area contributed by atoms with Crippen molar-refractivity contribution in [2.24, 2.45) is 0 Å². The second kappa shape index (κ2) is 4.36. The van der Waals surface area contributed by atoms with E-state index in [2.05, 4.69) is 40.3 Å². The van der Waals surface area contributed by atoms with Crippen molar-refractivity contribution in [2.75, 3.05) is 0 Å². The average Bonchev–Trinajstić information content (AvgIpc) is 2.87. The minimum atomic E-state index is 0.728. The monoisotopic (exact) mass is 278 g/mol. The third-order valence-electron chi connectivity index (χ3n) is 3.55. The Hall–Kier alpha value is -2.32. The summed E-state index contributed by atoms with van der Waals surface area (Å²) in [6, 6.07) is 18.5. The molecule has 2 aromatic heterocycles. The zero-order valence-corrected chi connectivity index (χ0v) is 11.4. The maximum Gasteiger partial charge on any atom is 0.139 e. The predicted molar refractivity (Wildman–Crippen MR) is 84.0 cm³/mol. The number of hydrogen-bond acceptors (Lipinski definition) is 1. The van der Waals surface area contributed by atoms with Gasteiger partial charge in [0, 0.05) is 22.5 Å². The number of nitrogens with one attached hydrogen (secondary N) is 1. The van der Waals surface area contributed by atoms with Crippen molar-refractivity contribution >= 4 is 33.5 Å². The molecule has 0 amide bonds. The molecule has 2 heterocycles. The van der Waals surface area contributed by atoms with E-state index in [0.29, 0.717) is 0 Å². The van der Waals surface area contributed by atoms with Crippen LogP contribution in [0.25, 0.3) is 33.1 Å². The maximum atomic E-state index is 6.32. The maximum absolute atomic E-state index is 6.32. The fourth-order valence-electron chi connectivity index (χ4n) is 2.59. The van der Waals surface area contributed by atoms with Gasteiger partial charge in [0.25, 0.3) is 0 Å². The summed E-state index contributed by atoms with van der Waals surface area (Å²) in [5.41, 5.74) is 4.26. The first-order valence-corrected chi connectivity index (χ1v) is 6.82. The Morgan fingerprint density at radius 3 is 2.60 bits per heavy atom. The number of hydrogen-bond donors (Lipinski definition) is 1. The van der Waals surface area contributed by atoms with Gasteiger partial charge in [-0.25, -0.2) is 4.98 Å². The summed E-state index contributed by atoms with van der Waals surface area (Å²) in [7, 11) is 0. The fourth-order valence-corrected chi connectivity index (χ4v) is 2.83. The van der Waals surface area contributed by atoms with E-state index < -0.39 is 0 Å². The molecule has 3 heteroatoms. The molecule has 0 saturated carbocycles. The molecular formula is C17H11ClN2. The Kier molecular flexibility index (Phi) is 2.51. The molecule has 0 aliphatic carbocycles. The largest absolute Gasteiger partial charge is 0.339 e. The average molecular weight is 279 g/mol. The molecule has 2 nitrogen and oxygen atoms in total. The van der Waals surface area contributed by atoms with Crippen LogP contribution in [0.1, 0.15) is 0 Å². The van der Waals surface area contributed by atoms with Gasteiger partial charge in [0.1, 0.15) is 5.65 Å². The van der Waals surface area contributed by atoms with Crippen LogP contribution >= 0.6 is 11.6 Å². The van der Waals surface area contributed by atoms with Gasteiger partial charge in [0.05, 0.1) is 5.02 Å². The number of nitrogens with zero attached hydrogens (tertiary/aromatic N) is 1. The van der Waals surface area contributed by atoms with Crippen LogP contribution in [0, 0.1) is 0 Å². The summed E-state index contributed by atoms with van der Waals surface area (Å²) in [5, 5.41) is 2.83. The Morgan fingerprint density at radius 2 is 1.75 bits per heavy atom. The van der Waals surface area contributed by atoms with Crippen molar-refractivity contribution in [1.82, 2.24) is 9.97 Å². The van der Waals surface area contributed by atoms with Gasteiger partial charge in [0.15, 0.2) is 0 Å². The zero-order chi connectivity index (χ0) is 13.5. The Bertz CT molecular complexity index is 910. The van der Waals surface area contributed by atoms with Crippen LogP contribution in [-0.2, 0) is 0 Å². The van der Waals surface area contributed by atoms with E-state index in [4.69, 9.17) is 11.6 Å². The van der Waals surface area contributed by atoms with Crippen molar-refractivity contribution in [2.45, 2.75) is 0 Å². The van der Waals surface area contributed by atoms with Gasteiger partial charge < -0.3 is 4.98 Å². The van der Waals surface area contributed by atoms with E-state index in [1.54, 1.807) is 6.20 Å². The third kappa shape index (κ3) is 1.69. The molecule has 2 aromatic carbocycles. The molecule has 0 fully saturated rings. The lowest BCUT2D eigenvalue weighted by molar-refractivity contribution is 1.35. The summed E-state index contributed by atoms with van der Waals surface area (Å²) in [6.45, 7) is 0. The van der Waals surface area contributed by atoms with Crippen LogP contribution in [0.3, 0.4) is 0 Å². The fraction of sp³-hybridized carbons (Fsp3) is 0. The molecule has 0 aliphatic heterocycles. The van der Waals surface area contributed by atoms with E-state index in [1.807, 2.05) is 24.3 Å². The van der Waals surface area contributed by atoms with E-state index in [0.717, 1.165) is 27.0 Å². The van der Waals surface area contributed by atoms with E-state index >= 15 is 0 Å². The molecule has 96 valence electrons. The van der Waals surface area contributed by atoms with Gasteiger partial charge in [-0.2, -0.15) is 0 Å². The lowest BCUT2D eigenvalue weighted by atomic mass is 10.0. The Morgan fingerprint density at radius 1 is 0.900 bits per heavy atom. The number of rotatable bonds is 1. The standard InChI is InChI=1S/C17H11ClN2/c18-14-8-9-19-17-16(14)13-10-12(6-7-15(13)20-17)11-4-2-1-3-5-11/h1-10H,(H,19,20). The minimum absolute atomic E-state index is 0.728. The van der Waals surface area contributed by atoms with E-state index in [-0.39, 0.29) is 0 Å². The molecule has 0 unspecified atom stereocenters. The summed E-state index contributed by atoms with van der Waals surface area (Å²) in [6.07, 6.45) is 1.72. The van der Waals surface area contributed by atoms with Crippen molar-refractivity contribution in [1.29, 1.82) is 0 Å². The smallest absolute Gasteiger partial charge is 0.139 e. The molecule has 0 saturated heterocycles. The van der Waals surface area contributed by atoms with Crippen molar-refractivity contribution in [3.05, 3.63) is 65.8 Å². The number of benzene rings is 2. The number of aromatic nitrogens is 2. The lowest BCUT2D eigenvalue weighted by Crippen LogP contribution is -1.77. The number of H-pyrrole nitrogens is 1. The molecule has 20 heavy (non-hydrogen) atoms. The van der Waals surface area contributed by atoms with E-state index in [1.165, 1.54) is 11.1 Å². The summed E-state index contributed by atoms with van der Waals surface area (Å²) in [4.78, 5) is 7.64. The van der Waals surface area contributed by atoms with Crippen LogP contribution < -0.4 is 0 Å². The minimum Gasteiger partial charge on any atom is -0.339 e.